The van der Waals surface area contributed by atoms with Crippen LogP contribution in [0.2, 0.25) is 0 Å². The van der Waals surface area contributed by atoms with Gasteiger partial charge in [0.1, 0.15) is 0 Å². The Bertz CT molecular complexity index is 112. The summed E-state index contributed by atoms with van der Waals surface area (Å²) in [5.74, 6) is 0. The Morgan fingerprint density at radius 1 is 1.33 bits per heavy atom. The monoisotopic (exact) mass is 122 g/mol. The molecule has 0 aromatic carbocycles. The zero-order valence-corrected chi connectivity index (χ0v) is 5.62. The van der Waals surface area contributed by atoms with Gasteiger partial charge in [0.2, 0.25) is 0 Å². The molecule has 0 saturated carbocycles. The molecule has 0 aliphatic carbocycles. The summed E-state index contributed by atoms with van der Waals surface area (Å²) in [4.78, 5) is 0. The van der Waals surface area contributed by atoms with Crippen LogP contribution < -0.4 is 0 Å². The van der Waals surface area contributed by atoms with Crippen molar-refractivity contribution in [2.45, 2.75) is 0 Å². The molecular formula is C4H8P2. The lowest BCUT2D eigenvalue weighted by Crippen LogP contribution is -1.55. The van der Waals surface area contributed by atoms with Crippen LogP contribution >= 0.6 is 18.5 Å². The second kappa shape index (κ2) is 2.50. The highest BCUT2D eigenvalue weighted by atomic mass is 31.0. The molecule has 6 heavy (non-hydrogen) atoms. The summed E-state index contributed by atoms with van der Waals surface area (Å²) in [6.45, 7) is 2.38. The molecule has 0 rings (SSSR count). The van der Waals surface area contributed by atoms with Crippen LogP contribution in [0.1, 0.15) is 2.74 Å². The fourth-order valence-electron chi connectivity index (χ4n) is 0. The van der Waals surface area contributed by atoms with Gasteiger partial charge in [-0.2, -0.15) is 0 Å². The zero-order chi connectivity index (χ0) is 6.57. The lowest BCUT2D eigenvalue weighted by Gasteiger charge is -1.87. The predicted molar refractivity (Wildman–Crippen MR) is 37.7 cm³/mol. The first-order valence-electron chi connectivity index (χ1n) is 2.56. The van der Waals surface area contributed by atoms with Crippen molar-refractivity contribution in [3.8, 4) is 0 Å². The lowest BCUT2D eigenvalue weighted by molar-refractivity contribution is 1.98. The normalized spacial score (nSPS) is 19.7. The van der Waals surface area contributed by atoms with E-state index in [4.69, 9.17) is 2.74 Å². The van der Waals surface area contributed by atoms with E-state index in [2.05, 4.69) is 18.5 Å². The van der Waals surface area contributed by atoms with Crippen LogP contribution in [0.25, 0.3) is 0 Å². The van der Waals surface area contributed by atoms with Crippen molar-refractivity contribution >= 4 is 18.5 Å². The van der Waals surface area contributed by atoms with E-state index in [-0.39, 0.29) is 0 Å². The average molecular weight is 122 g/mol. The van der Waals surface area contributed by atoms with Crippen molar-refractivity contribution in [3.05, 3.63) is 23.7 Å². The van der Waals surface area contributed by atoms with Gasteiger partial charge in [-0.1, -0.05) is 13.1 Å². The molecule has 2 atom stereocenters. The van der Waals surface area contributed by atoms with Gasteiger partial charge in [0, 0.05) is 0 Å². The maximum absolute atomic E-state index is 6.72. The molecule has 0 radical (unpaired) electrons. The fraction of sp³-hybridized carbons (Fsp3) is 0. The van der Waals surface area contributed by atoms with Gasteiger partial charge in [0.15, 0.2) is 0 Å². The Labute approximate surface area is 45.9 Å². The van der Waals surface area contributed by atoms with Crippen molar-refractivity contribution in [3.63, 3.8) is 0 Å². The Hall–Kier alpha value is 0.340. The maximum atomic E-state index is 6.72. The SMILES string of the molecule is [3H]C=C(P)C(P)=C[3H]. The molecule has 34 valence electrons. The molecule has 0 saturated heterocycles. The maximum Gasteiger partial charge on any atom is 0.0544 e. The number of rotatable bonds is 1. The molecule has 0 heterocycles. The first-order chi connectivity index (χ1) is 3.72. The fourth-order valence-corrected chi connectivity index (χ4v) is 0. The summed E-state index contributed by atoms with van der Waals surface area (Å²) in [5.41, 5.74) is 0. The van der Waals surface area contributed by atoms with Crippen LogP contribution in [0.3, 0.4) is 0 Å². The van der Waals surface area contributed by atoms with Gasteiger partial charge in [-0.15, -0.1) is 18.5 Å². The standard InChI is InChI=1S/C4H8P2/c1-3(5)4(2)6/h1-2,5-6H2/i1T,2T. The minimum atomic E-state index is 0.727. The van der Waals surface area contributed by atoms with Crippen LogP contribution in [0.15, 0.2) is 23.7 Å². The third kappa shape index (κ3) is 2.57. The van der Waals surface area contributed by atoms with Gasteiger partial charge in [-0.25, -0.2) is 0 Å². The molecule has 0 aliphatic rings. The molecule has 0 nitrogen and oxygen atoms in total. The highest BCUT2D eigenvalue weighted by Gasteiger charge is 1.77. The summed E-state index contributed by atoms with van der Waals surface area (Å²) in [7, 11) is 4.72. The van der Waals surface area contributed by atoms with E-state index in [1.165, 1.54) is 13.1 Å². The van der Waals surface area contributed by atoms with Gasteiger partial charge >= 0.3 is 0 Å². The molecule has 0 aromatic heterocycles. The highest BCUT2D eigenvalue weighted by molar-refractivity contribution is 7.30. The summed E-state index contributed by atoms with van der Waals surface area (Å²) >= 11 is 0. The molecule has 0 amide bonds. The molecule has 0 aromatic rings. The van der Waals surface area contributed by atoms with E-state index >= 15 is 0 Å². The van der Waals surface area contributed by atoms with Crippen LogP contribution in [-0.4, -0.2) is 0 Å². The van der Waals surface area contributed by atoms with E-state index in [9.17, 15) is 0 Å². The zero-order valence-electron chi connectivity index (χ0n) is 5.31. The third-order valence-electron chi connectivity index (χ3n) is 0.333. The Balaban J connectivity index is 4.04. The van der Waals surface area contributed by atoms with Crippen molar-refractivity contribution in [2.75, 3.05) is 0 Å². The Morgan fingerprint density at radius 3 is 1.83 bits per heavy atom. The van der Waals surface area contributed by atoms with Crippen LogP contribution in [0, 0.1) is 0 Å². The Morgan fingerprint density at radius 2 is 1.67 bits per heavy atom. The smallest absolute Gasteiger partial charge is 0.0544 e. The molecular weight excluding hydrogens is 110 g/mol. The minimum absolute atomic E-state index is 0.727. The summed E-state index contributed by atoms with van der Waals surface area (Å²) in [6.07, 6.45) is 0. The van der Waals surface area contributed by atoms with E-state index < -0.39 is 0 Å². The Kier molecular flexibility index (Phi) is 1.40. The van der Waals surface area contributed by atoms with Crippen molar-refractivity contribution in [1.82, 2.24) is 0 Å². The van der Waals surface area contributed by atoms with Crippen molar-refractivity contribution in [2.24, 2.45) is 0 Å². The molecule has 0 bridgehead atoms. The molecule has 0 aliphatic heterocycles. The predicted octanol–water partition coefficient (Wildman–Crippen LogP) is 1.76. The topological polar surface area (TPSA) is 0 Å². The van der Waals surface area contributed by atoms with Gasteiger partial charge in [0.25, 0.3) is 0 Å². The van der Waals surface area contributed by atoms with Gasteiger partial charge in [0.05, 0.1) is 2.74 Å². The second-order valence-corrected chi connectivity index (χ2v) is 2.15. The summed E-state index contributed by atoms with van der Waals surface area (Å²) in [6, 6.07) is 0. The van der Waals surface area contributed by atoms with Crippen LogP contribution in [0.4, 0.5) is 0 Å². The molecule has 2 unspecified atom stereocenters. The van der Waals surface area contributed by atoms with E-state index in [0.29, 0.717) is 0 Å². The quantitative estimate of drug-likeness (QED) is 0.367. The third-order valence-corrected chi connectivity index (χ3v) is 1.33. The minimum Gasteiger partial charge on any atom is -0.106 e. The van der Waals surface area contributed by atoms with Crippen LogP contribution in [-0.2, 0) is 0 Å². The molecule has 0 spiro atoms. The number of hydrogen-bond donors (Lipinski definition) is 0. The van der Waals surface area contributed by atoms with Crippen molar-refractivity contribution in [1.29, 1.82) is 0 Å². The second-order valence-electron chi connectivity index (χ2n) is 0.911. The number of hydrogen-bond acceptors (Lipinski definition) is 0. The largest absolute Gasteiger partial charge is 0.106 e. The summed E-state index contributed by atoms with van der Waals surface area (Å²) < 4.78 is 13.4. The van der Waals surface area contributed by atoms with Gasteiger partial charge < -0.3 is 0 Å². The highest BCUT2D eigenvalue weighted by Crippen LogP contribution is 2.17. The molecule has 0 N–H and O–H groups in total. The van der Waals surface area contributed by atoms with E-state index in [1.807, 2.05) is 0 Å². The molecule has 2 heteroatoms. The number of allylic oxidation sites excluding steroid dienone is 2. The van der Waals surface area contributed by atoms with E-state index in [0.717, 1.165) is 10.6 Å². The van der Waals surface area contributed by atoms with E-state index in [1.54, 1.807) is 0 Å². The van der Waals surface area contributed by atoms with Gasteiger partial charge in [-0.05, 0) is 10.6 Å². The lowest BCUT2D eigenvalue weighted by atomic mass is 10.6. The summed E-state index contributed by atoms with van der Waals surface area (Å²) in [5, 5.41) is 1.45. The van der Waals surface area contributed by atoms with Gasteiger partial charge in [-0.3, -0.25) is 0 Å². The van der Waals surface area contributed by atoms with Crippen molar-refractivity contribution < 1.29 is 2.74 Å². The first-order valence-corrected chi connectivity index (χ1v) is 2.56. The first kappa shape index (κ1) is 3.36. The average Bonchev–Trinajstić information content (AvgIpc) is 1.84. The van der Waals surface area contributed by atoms with Crippen LogP contribution in [0.5, 0.6) is 0 Å². The molecule has 0 fully saturated rings.